The van der Waals surface area contributed by atoms with Crippen molar-refractivity contribution in [1.29, 1.82) is 0 Å². The maximum Gasteiger partial charge on any atom is 0.326 e. The third kappa shape index (κ3) is 8.61. The number of aliphatic carboxylic acids is 2. The van der Waals surface area contributed by atoms with Gasteiger partial charge in [0.15, 0.2) is 0 Å². The molecule has 0 aliphatic heterocycles. The van der Waals surface area contributed by atoms with Crippen LogP contribution >= 0.6 is 0 Å². The Labute approximate surface area is 211 Å². The molecule has 4 atom stereocenters. The van der Waals surface area contributed by atoms with Gasteiger partial charge in [0.1, 0.15) is 18.1 Å². The number of carbonyl (C=O) groups excluding carboxylic acids is 4. The predicted octanol–water partition coefficient (Wildman–Crippen LogP) is -1.66. The van der Waals surface area contributed by atoms with Crippen molar-refractivity contribution in [3.8, 4) is 0 Å². The van der Waals surface area contributed by atoms with Crippen LogP contribution in [0.5, 0.6) is 0 Å². The highest BCUT2D eigenvalue weighted by Crippen LogP contribution is 2.19. The molecule has 14 nitrogen and oxygen atoms in total. The molecule has 37 heavy (non-hydrogen) atoms. The van der Waals surface area contributed by atoms with E-state index in [0.29, 0.717) is 5.56 Å². The number of hydrogen-bond donors (Lipinski definition) is 8. The smallest absolute Gasteiger partial charge is 0.326 e. The number of benzene rings is 1. The van der Waals surface area contributed by atoms with Crippen LogP contribution in [0.15, 0.2) is 30.5 Å². The van der Waals surface area contributed by atoms with Crippen LogP contribution in [0, 0.1) is 0 Å². The fraction of sp³-hybridized carbons (Fsp3) is 0.391. The van der Waals surface area contributed by atoms with Gasteiger partial charge in [0.25, 0.3) is 0 Å². The first-order chi connectivity index (χ1) is 17.4. The summed E-state index contributed by atoms with van der Waals surface area (Å²) in [7, 11) is 0. The van der Waals surface area contributed by atoms with E-state index in [1.54, 1.807) is 18.3 Å². The number of primary amides is 1. The Morgan fingerprint density at radius 1 is 0.946 bits per heavy atom. The topological polar surface area (TPSA) is 247 Å². The standard InChI is InChI=1S/C23H30N6O8/c1-11(27-21(34)14(24)9-18(25)30)20(33)28-16(6-7-19(31)32)22(35)29-17(23(36)37)8-12-10-26-15-5-3-2-4-13(12)15/h2-5,10-11,14,16-17,26H,6-9,24H2,1H3,(H2,25,30)(H,27,34)(H,28,33)(H,29,35)(H,31,32)(H,36,37). The first kappa shape index (κ1) is 28.8. The van der Waals surface area contributed by atoms with Gasteiger partial charge in [-0.2, -0.15) is 0 Å². The number of rotatable bonds is 14. The fourth-order valence-electron chi connectivity index (χ4n) is 3.52. The molecule has 1 aromatic heterocycles. The zero-order chi connectivity index (χ0) is 27.7. The van der Waals surface area contributed by atoms with Crippen molar-refractivity contribution >= 4 is 46.5 Å². The monoisotopic (exact) mass is 518 g/mol. The average Bonchev–Trinajstić information content (AvgIpc) is 3.23. The van der Waals surface area contributed by atoms with E-state index in [-0.39, 0.29) is 12.8 Å². The minimum Gasteiger partial charge on any atom is -0.481 e. The van der Waals surface area contributed by atoms with Gasteiger partial charge in [-0.25, -0.2) is 4.79 Å². The molecular formula is C23H30N6O8. The first-order valence-corrected chi connectivity index (χ1v) is 11.3. The van der Waals surface area contributed by atoms with Crippen LogP contribution < -0.4 is 27.4 Å². The van der Waals surface area contributed by atoms with Gasteiger partial charge in [0, 0.05) is 29.9 Å². The van der Waals surface area contributed by atoms with Crippen LogP contribution in [-0.2, 0) is 35.2 Å². The second-order valence-electron chi connectivity index (χ2n) is 8.46. The fourth-order valence-corrected chi connectivity index (χ4v) is 3.52. The molecule has 0 aliphatic carbocycles. The van der Waals surface area contributed by atoms with Gasteiger partial charge in [-0.15, -0.1) is 0 Å². The van der Waals surface area contributed by atoms with E-state index in [1.807, 2.05) is 12.1 Å². The zero-order valence-corrected chi connectivity index (χ0v) is 20.0. The normalized spacial score (nSPS) is 14.1. The number of carbonyl (C=O) groups is 6. The quantitative estimate of drug-likeness (QED) is 0.142. The van der Waals surface area contributed by atoms with Gasteiger partial charge in [-0.05, 0) is 25.0 Å². The molecule has 2 rings (SSSR count). The molecule has 10 N–H and O–H groups in total. The highest BCUT2D eigenvalue weighted by atomic mass is 16.4. The van der Waals surface area contributed by atoms with E-state index >= 15 is 0 Å². The number of nitrogens with one attached hydrogen (secondary N) is 4. The largest absolute Gasteiger partial charge is 0.481 e. The summed E-state index contributed by atoms with van der Waals surface area (Å²) in [5.41, 5.74) is 12.0. The van der Waals surface area contributed by atoms with Crippen molar-refractivity contribution in [2.45, 2.75) is 56.8 Å². The molecule has 200 valence electrons. The SMILES string of the molecule is CC(NC(=O)C(N)CC(N)=O)C(=O)NC(CCC(=O)O)C(=O)NC(Cc1c[nH]c2ccccc12)C(=O)O. The van der Waals surface area contributed by atoms with Gasteiger partial charge in [-0.3, -0.25) is 24.0 Å². The molecule has 1 aromatic carbocycles. The van der Waals surface area contributed by atoms with E-state index in [2.05, 4.69) is 20.9 Å². The van der Waals surface area contributed by atoms with E-state index in [1.165, 1.54) is 6.92 Å². The van der Waals surface area contributed by atoms with Gasteiger partial charge in [0.2, 0.25) is 23.6 Å². The maximum atomic E-state index is 12.9. The van der Waals surface area contributed by atoms with Crippen LogP contribution in [-0.4, -0.2) is 74.9 Å². The van der Waals surface area contributed by atoms with Gasteiger partial charge in [0.05, 0.1) is 12.5 Å². The van der Waals surface area contributed by atoms with E-state index < -0.39 is 72.6 Å². The molecule has 4 amide bonds. The number of aromatic amines is 1. The Morgan fingerprint density at radius 3 is 2.22 bits per heavy atom. The lowest BCUT2D eigenvalue weighted by atomic mass is 10.0. The molecule has 4 unspecified atom stereocenters. The van der Waals surface area contributed by atoms with Crippen LogP contribution in [0.4, 0.5) is 0 Å². The number of para-hydroxylation sites is 1. The van der Waals surface area contributed by atoms with Crippen LogP contribution in [0.25, 0.3) is 10.9 Å². The molecule has 0 aliphatic rings. The summed E-state index contributed by atoms with van der Waals surface area (Å²) in [6.07, 6.45) is 0.270. The zero-order valence-electron chi connectivity index (χ0n) is 20.0. The molecule has 0 fully saturated rings. The van der Waals surface area contributed by atoms with Crippen molar-refractivity contribution in [2.75, 3.05) is 0 Å². The lowest BCUT2D eigenvalue weighted by molar-refractivity contribution is -0.143. The number of nitrogens with two attached hydrogens (primary N) is 2. The van der Waals surface area contributed by atoms with Crippen LogP contribution in [0.3, 0.4) is 0 Å². The summed E-state index contributed by atoms with van der Waals surface area (Å²) < 4.78 is 0. The number of H-pyrrole nitrogens is 1. The highest BCUT2D eigenvalue weighted by molar-refractivity contribution is 5.95. The highest BCUT2D eigenvalue weighted by Gasteiger charge is 2.30. The lowest BCUT2D eigenvalue weighted by Crippen LogP contribution is -2.56. The number of fused-ring (bicyclic) bond motifs is 1. The minimum absolute atomic E-state index is 0.0745. The second kappa shape index (κ2) is 13.0. The van der Waals surface area contributed by atoms with Crippen molar-refractivity contribution in [1.82, 2.24) is 20.9 Å². The van der Waals surface area contributed by atoms with Gasteiger partial charge >= 0.3 is 11.9 Å². The summed E-state index contributed by atoms with van der Waals surface area (Å²) in [5, 5.41) is 26.4. The first-order valence-electron chi connectivity index (χ1n) is 11.3. The van der Waals surface area contributed by atoms with E-state index in [9.17, 15) is 33.9 Å². The maximum absolute atomic E-state index is 12.9. The van der Waals surface area contributed by atoms with Crippen molar-refractivity contribution in [3.05, 3.63) is 36.0 Å². The Bertz CT molecular complexity index is 1180. The molecule has 0 radical (unpaired) electrons. The Hall–Kier alpha value is -4.46. The Kier molecular flexibility index (Phi) is 10.1. The molecule has 0 saturated carbocycles. The molecule has 0 spiro atoms. The van der Waals surface area contributed by atoms with Crippen molar-refractivity contribution < 1.29 is 39.0 Å². The Morgan fingerprint density at radius 2 is 1.59 bits per heavy atom. The summed E-state index contributed by atoms with van der Waals surface area (Å²) in [4.78, 5) is 74.5. The number of aromatic nitrogens is 1. The predicted molar refractivity (Wildman–Crippen MR) is 130 cm³/mol. The Balaban J connectivity index is 2.10. The van der Waals surface area contributed by atoms with E-state index in [0.717, 1.165) is 10.9 Å². The average molecular weight is 519 g/mol. The second-order valence-corrected chi connectivity index (χ2v) is 8.46. The number of hydrogen-bond acceptors (Lipinski definition) is 7. The van der Waals surface area contributed by atoms with Crippen molar-refractivity contribution in [2.24, 2.45) is 11.5 Å². The lowest BCUT2D eigenvalue weighted by Gasteiger charge is -2.23. The number of carboxylic acids is 2. The molecule has 0 bridgehead atoms. The summed E-state index contributed by atoms with van der Waals surface area (Å²) in [6.45, 7) is 1.29. The van der Waals surface area contributed by atoms with E-state index in [4.69, 9.17) is 16.6 Å². The summed E-state index contributed by atoms with van der Waals surface area (Å²) in [6, 6.07) is 1.91. The summed E-state index contributed by atoms with van der Waals surface area (Å²) in [5.74, 6) is -5.98. The molecule has 2 aromatic rings. The molecule has 0 saturated heterocycles. The van der Waals surface area contributed by atoms with Crippen molar-refractivity contribution in [3.63, 3.8) is 0 Å². The third-order valence-corrected chi connectivity index (χ3v) is 5.50. The minimum atomic E-state index is -1.41. The number of amides is 4. The molecule has 1 heterocycles. The summed E-state index contributed by atoms with van der Waals surface area (Å²) >= 11 is 0. The molecular weight excluding hydrogens is 488 g/mol. The van der Waals surface area contributed by atoms with Gasteiger partial charge in [-0.1, -0.05) is 18.2 Å². The van der Waals surface area contributed by atoms with Crippen LogP contribution in [0.1, 0.15) is 31.7 Å². The third-order valence-electron chi connectivity index (χ3n) is 5.50. The van der Waals surface area contributed by atoms with Crippen LogP contribution in [0.2, 0.25) is 0 Å². The molecule has 14 heteroatoms. The number of carboxylic acid groups (broad SMARTS) is 2. The van der Waals surface area contributed by atoms with Gasteiger partial charge < -0.3 is 42.6 Å².